The molecule has 4 nitrogen and oxygen atoms in total. The summed E-state index contributed by atoms with van der Waals surface area (Å²) in [6.07, 6.45) is 3.57. The van der Waals surface area contributed by atoms with Crippen molar-refractivity contribution in [3.05, 3.63) is 34.5 Å². The van der Waals surface area contributed by atoms with E-state index in [1.54, 1.807) is 0 Å². The number of nitrogens with zero attached hydrogens (tertiary/aromatic N) is 1. The van der Waals surface area contributed by atoms with Crippen LogP contribution in [0.1, 0.15) is 31.4 Å². The molecule has 0 bridgehead atoms. The van der Waals surface area contributed by atoms with E-state index in [-0.39, 0.29) is 12.6 Å². The zero-order valence-electron chi connectivity index (χ0n) is 12.1. The Kier molecular flexibility index (Phi) is 4.21. The predicted octanol–water partition coefficient (Wildman–Crippen LogP) is 4.36. The molecule has 0 saturated heterocycles. The van der Waals surface area contributed by atoms with Crippen LogP contribution in [0.5, 0.6) is 0 Å². The fourth-order valence-corrected chi connectivity index (χ4v) is 3.29. The van der Waals surface area contributed by atoms with Gasteiger partial charge in [0, 0.05) is 16.3 Å². The minimum atomic E-state index is -0.918. The van der Waals surface area contributed by atoms with Crippen molar-refractivity contribution in [3.8, 4) is 6.07 Å². The van der Waals surface area contributed by atoms with Gasteiger partial charge in [0.05, 0.1) is 12.7 Å². The largest absolute Gasteiger partial charge is 0.464 e. The Balaban J connectivity index is 1.60. The minimum Gasteiger partial charge on any atom is -0.464 e. The highest BCUT2D eigenvalue weighted by Crippen LogP contribution is 2.38. The molecule has 0 atom stereocenters. The third-order valence-corrected chi connectivity index (χ3v) is 4.67. The van der Waals surface area contributed by atoms with Gasteiger partial charge in [0.15, 0.2) is 5.41 Å². The van der Waals surface area contributed by atoms with Crippen LogP contribution in [0.4, 0.5) is 0 Å². The van der Waals surface area contributed by atoms with Crippen LogP contribution in [0.3, 0.4) is 0 Å². The molecule has 0 N–H and O–H groups in total. The normalized spacial score (nSPS) is 16.5. The Labute approximate surface area is 137 Å². The van der Waals surface area contributed by atoms with Crippen LogP contribution >= 0.6 is 15.9 Å². The van der Waals surface area contributed by atoms with Crippen LogP contribution in [-0.4, -0.2) is 12.6 Å². The Hall–Kier alpha value is -1.80. The van der Waals surface area contributed by atoms with E-state index >= 15 is 0 Å². The van der Waals surface area contributed by atoms with Crippen molar-refractivity contribution in [1.29, 1.82) is 5.26 Å². The molecule has 0 unspecified atom stereocenters. The zero-order chi connectivity index (χ0) is 15.6. The number of rotatable bonds is 4. The van der Waals surface area contributed by atoms with E-state index in [1.807, 2.05) is 24.3 Å². The van der Waals surface area contributed by atoms with Crippen molar-refractivity contribution in [2.24, 2.45) is 5.41 Å². The number of halogens is 1. The van der Waals surface area contributed by atoms with Gasteiger partial charge in [-0.1, -0.05) is 28.8 Å². The van der Waals surface area contributed by atoms with Crippen LogP contribution < -0.4 is 0 Å². The first-order valence-electron chi connectivity index (χ1n) is 7.39. The summed E-state index contributed by atoms with van der Waals surface area (Å²) in [5.41, 5.74) is -0.104. The number of hydrogen-bond donors (Lipinski definition) is 0. The topological polar surface area (TPSA) is 63.2 Å². The molecule has 1 saturated carbocycles. The summed E-state index contributed by atoms with van der Waals surface area (Å²) in [6, 6.07) is 9.91. The molecule has 0 radical (unpaired) electrons. The average molecular weight is 362 g/mol. The monoisotopic (exact) mass is 361 g/mol. The first-order chi connectivity index (χ1) is 10.6. The highest BCUT2D eigenvalue weighted by molar-refractivity contribution is 9.10. The molecule has 0 amide bonds. The molecule has 1 fully saturated rings. The molecular weight excluding hydrogens is 346 g/mol. The second-order valence-electron chi connectivity index (χ2n) is 5.68. The Bertz CT molecular complexity index is 738. The van der Waals surface area contributed by atoms with Crippen molar-refractivity contribution in [2.75, 3.05) is 6.61 Å². The Morgan fingerprint density at radius 3 is 2.86 bits per heavy atom. The second-order valence-corrected chi connectivity index (χ2v) is 6.60. The molecule has 1 aliphatic carbocycles. The lowest BCUT2D eigenvalue weighted by molar-refractivity contribution is -0.152. The quantitative estimate of drug-likeness (QED) is 0.758. The van der Waals surface area contributed by atoms with Crippen LogP contribution in [0, 0.1) is 16.7 Å². The van der Waals surface area contributed by atoms with Crippen molar-refractivity contribution >= 4 is 32.9 Å². The summed E-state index contributed by atoms with van der Waals surface area (Å²) in [5, 5.41) is 10.3. The lowest BCUT2D eigenvalue weighted by atomic mass is 9.88. The first kappa shape index (κ1) is 15.1. The number of furan rings is 1. The highest BCUT2D eigenvalue weighted by atomic mass is 79.9. The molecule has 0 aliphatic heterocycles. The molecule has 5 heteroatoms. The van der Waals surface area contributed by atoms with Gasteiger partial charge >= 0.3 is 5.97 Å². The highest BCUT2D eigenvalue weighted by Gasteiger charge is 2.43. The van der Waals surface area contributed by atoms with Gasteiger partial charge in [-0.3, -0.25) is 4.79 Å². The molecule has 1 aromatic carbocycles. The maximum Gasteiger partial charge on any atom is 0.326 e. The Morgan fingerprint density at radius 2 is 2.14 bits per heavy atom. The van der Waals surface area contributed by atoms with Crippen molar-refractivity contribution in [2.45, 2.75) is 32.1 Å². The number of nitriles is 1. The van der Waals surface area contributed by atoms with E-state index < -0.39 is 5.41 Å². The molecule has 2 aromatic rings. The van der Waals surface area contributed by atoms with E-state index in [0.29, 0.717) is 19.3 Å². The lowest BCUT2D eigenvalue weighted by Crippen LogP contribution is -2.29. The SMILES string of the molecule is N#CC1(C(=O)OCCc2cc3cc(Br)ccc3o2)CCCC1. The third-order valence-electron chi connectivity index (χ3n) is 4.17. The molecule has 3 rings (SSSR count). The minimum absolute atomic E-state index is 0.239. The van der Waals surface area contributed by atoms with Gasteiger partial charge in [0.1, 0.15) is 11.3 Å². The average Bonchev–Trinajstić information content (AvgIpc) is 3.13. The summed E-state index contributed by atoms with van der Waals surface area (Å²) >= 11 is 3.42. The smallest absolute Gasteiger partial charge is 0.326 e. The summed E-state index contributed by atoms with van der Waals surface area (Å²) in [6.45, 7) is 0.239. The fourth-order valence-electron chi connectivity index (χ4n) is 2.91. The maximum absolute atomic E-state index is 12.1. The number of carbonyl (C=O) groups is 1. The number of ether oxygens (including phenoxy) is 1. The first-order valence-corrected chi connectivity index (χ1v) is 8.19. The van der Waals surface area contributed by atoms with E-state index in [9.17, 15) is 10.1 Å². The molecule has 114 valence electrons. The standard InChI is InChI=1S/C17H16BrNO3/c18-13-3-4-15-12(9-13)10-14(22-15)5-8-21-16(20)17(11-19)6-1-2-7-17/h3-4,9-10H,1-2,5-8H2. The van der Waals surface area contributed by atoms with Gasteiger partial charge in [0.25, 0.3) is 0 Å². The number of esters is 1. The van der Waals surface area contributed by atoms with E-state index in [4.69, 9.17) is 9.15 Å². The van der Waals surface area contributed by atoms with Gasteiger partial charge in [-0.2, -0.15) is 5.26 Å². The predicted molar refractivity (Wildman–Crippen MR) is 85.1 cm³/mol. The van der Waals surface area contributed by atoms with Crippen molar-refractivity contribution in [1.82, 2.24) is 0 Å². The molecule has 1 aliphatic rings. The van der Waals surface area contributed by atoms with Gasteiger partial charge in [0.2, 0.25) is 0 Å². The van der Waals surface area contributed by atoms with E-state index in [1.165, 1.54) is 0 Å². The second kappa shape index (κ2) is 6.13. The van der Waals surface area contributed by atoms with Gasteiger partial charge < -0.3 is 9.15 Å². The summed E-state index contributed by atoms with van der Waals surface area (Å²) < 4.78 is 12.0. The van der Waals surface area contributed by atoms with Crippen molar-refractivity contribution < 1.29 is 13.9 Å². The summed E-state index contributed by atoms with van der Waals surface area (Å²) in [5.74, 6) is 0.393. The maximum atomic E-state index is 12.1. The molecule has 1 heterocycles. The van der Waals surface area contributed by atoms with E-state index in [0.717, 1.165) is 34.0 Å². The van der Waals surface area contributed by atoms with Crippen LogP contribution in [0.25, 0.3) is 11.0 Å². The molecular formula is C17H16BrNO3. The number of benzene rings is 1. The van der Waals surface area contributed by atoms with Crippen LogP contribution in [0.15, 0.2) is 33.2 Å². The molecule has 1 aromatic heterocycles. The number of carbonyl (C=O) groups excluding carboxylic acids is 1. The third kappa shape index (κ3) is 2.89. The van der Waals surface area contributed by atoms with E-state index in [2.05, 4.69) is 22.0 Å². The van der Waals surface area contributed by atoms with Gasteiger partial charge in [-0.05, 0) is 37.1 Å². The zero-order valence-corrected chi connectivity index (χ0v) is 13.7. The number of fused-ring (bicyclic) bond motifs is 1. The van der Waals surface area contributed by atoms with Crippen LogP contribution in [0.2, 0.25) is 0 Å². The Morgan fingerprint density at radius 1 is 1.36 bits per heavy atom. The lowest BCUT2D eigenvalue weighted by Gasteiger charge is -2.17. The summed E-state index contributed by atoms with van der Waals surface area (Å²) in [4.78, 5) is 12.1. The molecule has 22 heavy (non-hydrogen) atoms. The van der Waals surface area contributed by atoms with Crippen molar-refractivity contribution in [3.63, 3.8) is 0 Å². The fraction of sp³-hybridized carbons (Fsp3) is 0.412. The van der Waals surface area contributed by atoms with Crippen LogP contribution in [-0.2, 0) is 16.0 Å². The molecule has 0 spiro atoms. The number of hydrogen-bond acceptors (Lipinski definition) is 4. The van der Waals surface area contributed by atoms with Gasteiger partial charge in [-0.25, -0.2) is 0 Å². The van der Waals surface area contributed by atoms with Gasteiger partial charge in [-0.15, -0.1) is 0 Å². The summed E-state index contributed by atoms with van der Waals surface area (Å²) in [7, 11) is 0.